The predicted molar refractivity (Wildman–Crippen MR) is 76.9 cm³/mol. The van der Waals surface area contributed by atoms with Crippen LogP contribution in [0.2, 0.25) is 0 Å². The minimum Gasteiger partial charge on any atom is -0.370 e. The first-order valence-electron chi connectivity index (χ1n) is 7.15. The lowest BCUT2D eigenvalue weighted by molar-refractivity contribution is 0.586. The SMILES string of the molecule is CCC(CC)N(C)c1cnccc1CNC1CC1. The third-order valence-corrected chi connectivity index (χ3v) is 3.92. The van der Waals surface area contributed by atoms with E-state index in [1.165, 1.54) is 36.9 Å². The van der Waals surface area contributed by atoms with Crippen LogP contribution in [-0.4, -0.2) is 24.1 Å². The number of pyridine rings is 1. The Hall–Kier alpha value is -1.09. The van der Waals surface area contributed by atoms with Crippen LogP contribution < -0.4 is 10.2 Å². The van der Waals surface area contributed by atoms with Gasteiger partial charge in [-0.2, -0.15) is 0 Å². The van der Waals surface area contributed by atoms with E-state index in [9.17, 15) is 0 Å². The maximum Gasteiger partial charge on any atom is 0.0598 e. The molecule has 1 aromatic rings. The number of nitrogens with one attached hydrogen (secondary N) is 1. The van der Waals surface area contributed by atoms with Crippen LogP contribution >= 0.6 is 0 Å². The summed E-state index contributed by atoms with van der Waals surface area (Å²) in [6, 6.07) is 3.50. The van der Waals surface area contributed by atoms with E-state index in [2.05, 4.69) is 42.2 Å². The molecular formula is C15H25N3. The molecule has 0 aliphatic heterocycles. The summed E-state index contributed by atoms with van der Waals surface area (Å²) >= 11 is 0. The van der Waals surface area contributed by atoms with Crippen molar-refractivity contribution in [3.8, 4) is 0 Å². The summed E-state index contributed by atoms with van der Waals surface area (Å²) in [6.45, 7) is 5.47. The number of aromatic nitrogens is 1. The molecule has 3 nitrogen and oxygen atoms in total. The zero-order chi connectivity index (χ0) is 13.0. The fraction of sp³-hybridized carbons (Fsp3) is 0.667. The molecule has 18 heavy (non-hydrogen) atoms. The second-order valence-electron chi connectivity index (χ2n) is 5.24. The average molecular weight is 247 g/mol. The Labute approximate surface area is 111 Å². The van der Waals surface area contributed by atoms with Gasteiger partial charge in [-0.25, -0.2) is 0 Å². The van der Waals surface area contributed by atoms with Gasteiger partial charge in [-0.15, -0.1) is 0 Å². The van der Waals surface area contributed by atoms with Crippen LogP contribution in [0, 0.1) is 0 Å². The van der Waals surface area contributed by atoms with Gasteiger partial charge in [0.15, 0.2) is 0 Å². The van der Waals surface area contributed by atoms with Gasteiger partial charge in [0, 0.05) is 31.9 Å². The molecule has 0 spiro atoms. The van der Waals surface area contributed by atoms with E-state index < -0.39 is 0 Å². The Morgan fingerprint density at radius 3 is 2.72 bits per heavy atom. The molecule has 0 radical (unpaired) electrons. The summed E-state index contributed by atoms with van der Waals surface area (Å²) < 4.78 is 0. The molecule has 3 heteroatoms. The summed E-state index contributed by atoms with van der Waals surface area (Å²) in [7, 11) is 2.19. The fourth-order valence-corrected chi connectivity index (χ4v) is 2.46. The van der Waals surface area contributed by atoms with Crippen LogP contribution in [0.15, 0.2) is 18.5 Å². The Kier molecular flexibility index (Phi) is 4.59. The van der Waals surface area contributed by atoms with E-state index >= 15 is 0 Å². The summed E-state index contributed by atoms with van der Waals surface area (Å²) in [4.78, 5) is 6.68. The number of nitrogens with zero attached hydrogens (tertiary/aromatic N) is 2. The highest BCUT2D eigenvalue weighted by Crippen LogP contribution is 2.24. The zero-order valence-corrected chi connectivity index (χ0v) is 11.8. The van der Waals surface area contributed by atoms with Crippen molar-refractivity contribution in [3.05, 3.63) is 24.0 Å². The molecule has 1 aliphatic carbocycles. The lowest BCUT2D eigenvalue weighted by Gasteiger charge is -2.30. The maximum absolute atomic E-state index is 4.29. The number of rotatable bonds is 7. The van der Waals surface area contributed by atoms with Gasteiger partial charge in [0.1, 0.15) is 0 Å². The van der Waals surface area contributed by atoms with Crippen molar-refractivity contribution in [1.29, 1.82) is 0 Å². The maximum atomic E-state index is 4.29. The Morgan fingerprint density at radius 2 is 2.11 bits per heavy atom. The molecule has 0 atom stereocenters. The van der Waals surface area contributed by atoms with Crippen molar-refractivity contribution in [2.45, 2.75) is 58.2 Å². The van der Waals surface area contributed by atoms with Gasteiger partial charge < -0.3 is 10.2 Å². The van der Waals surface area contributed by atoms with Crippen molar-refractivity contribution in [2.75, 3.05) is 11.9 Å². The molecule has 1 N–H and O–H groups in total. The predicted octanol–water partition coefficient (Wildman–Crippen LogP) is 2.96. The third-order valence-electron chi connectivity index (χ3n) is 3.92. The molecule has 0 unspecified atom stereocenters. The quantitative estimate of drug-likeness (QED) is 0.803. The third kappa shape index (κ3) is 3.22. The van der Waals surface area contributed by atoms with Crippen molar-refractivity contribution < 1.29 is 0 Å². The monoisotopic (exact) mass is 247 g/mol. The van der Waals surface area contributed by atoms with Crippen molar-refractivity contribution >= 4 is 5.69 Å². The highest BCUT2D eigenvalue weighted by atomic mass is 15.1. The van der Waals surface area contributed by atoms with Gasteiger partial charge >= 0.3 is 0 Å². The molecule has 0 amide bonds. The van der Waals surface area contributed by atoms with E-state index in [-0.39, 0.29) is 0 Å². The summed E-state index contributed by atoms with van der Waals surface area (Å²) in [5.74, 6) is 0. The largest absolute Gasteiger partial charge is 0.370 e. The fourth-order valence-electron chi connectivity index (χ4n) is 2.46. The second kappa shape index (κ2) is 6.19. The molecule has 0 bridgehead atoms. The lowest BCUT2D eigenvalue weighted by Crippen LogP contribution is -2.32. The summed E-state index contributed by atoms with van der Waals surface area (Å²) in [5.41, 5.74) is 2.64. The van der Waals surface area contributed by atoms with E-state index in [0.717, 1.165) is 12.6 Å². The molecule has 1 aliphatic rings. The van der Waals surface area contributed by atoms with E-state index in [1.807, 2.05) is 12.4 Å². The highest BCUT2D eigenvalue weighted by Gasteiger charge is 2.21. The van der Waals surface area contributed by atoms with Gasteiger partial charge in [-0.3, -0.25) is 4.98 Å². The zero-order valence-electron chi connectivity index (χ0n) is 11.8. The molecule has 1 heterocycles. The van der Waals surface area contributed by atoms with Crippen molar-refractivity contribution in [3.63, 3.8) is 0 Å². The smallest absolute Gasteiger partial charge is 0.0598 e. The number of hydrogen-bond acceptors (Lipinski definition) is 3. The minimum atomic E-state index is 0.605. The molecule has 1 aromatic heterocycles. The lowest BCUT2D eigenvalue weighted by atomic mass is 10.1. The molecule has 1 fully saturated rings. The first-order chi connectivity index (χ1) is 8.76. The summed E-state index contributed by atoms with van der Waals surface area (Å²) in [5, 5.41) is 3.59. The minimum absolute atomic E-state index is 0.605. The van der Waals surface area contributed by atoms with Gasteiger partial charge in [0.05, 0.1) is 11.9 Å². The van der Waals surface area contributed by atoms with Crippen LogP contribution in [0.1, 0.15) is 45.1 Å². The van der Waals surface area contributed by atoms with Crippen molar-refractivity contribution in [1.82, 2.24) is 10.3 Å². The van der Waals surface area contributed by atoms with Crippen LogP contribution in [0.3, 0.4) is 0 Å². The normalized spacial score (nSPS) is 15.1. The molecule has 100 valence electrons. The Bertz CT molecular complexity index is 370. The van der Waals surface area contributed by atoms with Gasteiger partial charge in [0.25, 0.3) is 0 Å². The summed E-state index contributed by atoms with van der Waals surface area (Å²) in [6.07, 6.45) is 8.93. The molecular weight excluding hydrogens is 222 g/mol. The molecule has 2 rings (SSSR count). The number of hydrogen-bond donors (Lipinski definition) is 1. The van der Waals surface area contributed by atoms with Crippen LogP contribution in [0.5, 0.6) is 0 Å². The first kappa shape index (κ1) is 13.3. The molecule has 0 saturated heterocycles. The average Bonchev–Trinajstić information content (AvgIpc) is 3.22. The van der Waals surface area contributed by atoms with Gasteiger partial charge in [0.2, 0.25) is 0 Å². The highest BCUT2D eigenvalue weighted by molar-refractivity contribution is 5.51. The van der Waals surface area contributed by atoms with Gasteiger partial charge in [-0.05, 0) is 37.3 Å². The second-order valence-corrected chi connectivity index (χ2v) is 5.24. The topological polar surface area (TPSA) is 28.2 Å². The van der Waals surface area contributed by atoms with Crippen LogP contribution in [-0.2, 0) is 6.54 Å². The standard InChI is InChI=1S/C15H25N3/c1-4-14(5-2)18(3)15-11-16-9-8-12(15)10-17-13-6-7-13/h8-9,11,13-14,17H,4-7,10H2,1-3H3. The molecule has 1 saturated carbocycles. The van der Waals surface area contributed by atoms with Crippen LogP contribution in [0.25, 0.3) is 0 Å². The van der Waals surface area contributed by atoms with Gasteiger partial charge in [-0.1, -0.05) is 13.8 Å². The first-order valence-corrected chi connectivity index (χ1v) is 7.15. The van der Waals surface area contributed by atoms with Crippen molar-refractivity contribution in [2.24, 2.45) is 0 Å². The Morgan fingerprint density at radius 1 is 1.39 bits per heavy atom. The Balaban J connectivity index is 2.09. The van der Waals surface area contributed by atoms with E-state index in [4.69, 9.17) is 0 Å². The van der Waals surface area contributed by atoms with E-state index in [0.29, 0.717) is 6.04 Å². The van der Waals surface area contributed by atoms with Crippen LogP contribution in [0.4, 0.5) is 5.69 Å². The number of anilines is 1. The van der Waals surface area contributed by atoms with E-state index in [1.54, 1.807) is 0 Å². The molecule has 0 aromatic carbocycles.